The molecule has 10 nitrogen and oxygen atoms in total. The number of hydrogen-bond donors (Lipinski definition) is 0. The zero-order valence-electron chi connectivity index (χ0n) is 28.4. The van der Waals surface area contributed by atoms with Crippen LogP contribution in [0.2, 0.25) is 0 Å². The number of para-hydroxylation sites is 2. The first kappa shape index (κ1) is 37.3. The van der Waals surface area contributed by atoms with Gasteiger partial charge in [-0.3, -0.25) is 23.2 Å². The van der Waals surface area contributed by atoms with Gasteiger partial charge in [0.25, 0.3) is 0 Å². The highest BCUT2D eigenvalue weighted by molar-refractivity contribution is 7.48. The molecule has 0 N–H and O–H groups in total. The monoisotopic (exact) mass is 682 g/mol. The summed E-state index contributed by atoms with van der Waals surface area (Å²) in [5, 5.41) is 0. The molecule has 1 fully saturated rings. The van der Waals surface area contributed by atoms with Crippen LogP contribution in [0.15, 0.2) is 78.9 Å². The van der Waals surface area contributed by atoms with Crippen LogP contribution >= 0.6 is 7.82 Å². The van der Waals surface area contributed by atoms with Crippen LogP contribution in [-0.2, 0) is 50.2 Å². The Morgan fingerprint density at radius 3 is 2.44 bits per heavy atom. The van der Waals surface area contributed by atoms with Crippen molar-refractivity contribution in [3.8, 4) is 17.2 Å². The molecule has 4 atom stereocenters. The summed E-state index contributed by atoms with van der Waals surface area (Å²) in [6.07, 6.45) is 0.554. The summed E-state index contributed by atoms with van der Waals surface area (Å²) in [5.41, 5.74) is 0.984. The molecule has 1 saturated heterocycles. The summed E-state index contributed by atoms with van der Waals surface area (Å²) in [6, 6.07) is 24.9. The third-order valence-corrected chi connectivity index (χ3v) is 9.17. The highest BCUT2D eigenvalue weighted by Crippen LogP contribution is 2.53. The van der Waals surface area contributed by atoms with Crippen LogP contribution in [-0.4, -0.2) is 49.4 Å². The van der Waals surface area contributed by atoms with Crippen molar-refractivity contribution in [1.29, 1.82) is 0 Å². The van der Waals surface area contributed by atoms with E-state index in [0.717, 1.165) is 16.9 Å². The van der Waals surface area contributed by atoms with E-state index in [2.05, 4.69) is 0 Å². The van der Waals surface area contributed by atoms with Crippen LogP contribution in [0.5, 0.6) is 17.2 Å². The van der Waals surface area contributed by atoms with Crippen molar-refractivity contribution in [2.75, 3.05) is 19.8 Å². The molecule has 260 valence electrons. The Morgan fingerprint density at radius 1 is 0.958 bits per heavy atom. The van der Waals surface area contributed by atoms with Crippen LogP contribution in [0.3, 0.4) is 0 Å². The molecule has 1 unspecified atom stereocenters. The number of Topliss-reactive ketones (excluding diaryl/α,β-unsaturated/α-hetero) is 1. The number of benzene rings is 3. The molecule has 0 spiro atoms. The summed E-state index contributed by atoms with van der Waals surface area (Å²) in [5.74, 6) is 1.18. The highest BCUT2D eigenvalue weighted by atomic mass is 31.2. The van der Waals surface area contributed by atoms with Gasteiger partial charge in [-0.25, -0.2) is 4.57 Å². The molecule has 1 aliphatic heterocycles. The minimum absolute atomic E-state index is 0.103. The number of ether oxygens (including phenoxy) is 4. The number of carbonyl (C=O) groups is 2. The fraction of sp³-hybridized carbons (Fsp3) is 0.459. The summed E-state index contributed by atoms with van der Waals surface area (Å²) in [7, 11) is -4.06. The standard InChI is InChI=1S/C37H47O10P/c1-27(28(2)38)24-43-48(40,47-37(3,4)5)44-26-35-34(19-12-22-41-35)46-36(39)21-20-30-14-9-10-18-33(30)42-25-29-13-11-17-32(23-29)45-31-15-7-6-8-16-31/h6-11,13-18,23,27,34-35H,12,19-22,24-26H2,1-5H3/t27-,34-,35+,48?/m0/s1. The summed E-state index contributed by atoms with van der Waals surface area (Å²) in [4.78, 5) is 24.7. The lowest BCUT2D eigenvalue weighted by molar-refractivity contribution is -0.166. The van der Waals surface area contributed by atoms with E-state index < -0.39 is 37.5 Å². The molecule has 0 aliphatic carbocycles. The number of phosphoric acid groups is 1. The Morgan fingerprint density at radius 2 is 1.69 bits per heavy atom. The van der Waals surface area contributed by atoms with Crippen LogP contribution in [0, 0.1) is 5.92 Å². The van der Waals surface area contributed by atoms with Crippen molar-refractivity contribution in [3.63, 3.8) is 0 Å². The van der Waals surface area contributed by atoms with Gasteiger partial charge >= 0.3 is 13.8 Å². The molecule has 4 rings (SSSR count). The molecule has 11 heteroatoms. The maximum absolute atomic E-state index is 13.5. The van der Waals surface area contributed by atoms with Crippen molar-refractivity contribution in [2.45, 2.75) is 84.7 Å². The summed E-state index contributed by atoms with van der Waals surface area (Å²) >= 11 is 0. The predicted octanol–water partition coefficient (Wildman–Crippen LogP) is 8.26. The second-order valence-electron chi connectivity index (χ2n) is 12.8. The predicted molar refractivity (Wildman–Crippen MR) is 181 cm³/mol. The molecule has 3 aromatic rings. The average Bonchev–Trinajstić information content (AvgIpc) is 3.05. The Bertz CT molecular complexity index is 1520. The molecule has 48 heavy (non-hydrogen) atoms. The molecular formula is C37H47O10P. The Kier molecular flexibility index (Phi) is 13.8. The third-order valence-electron chi connectivity index (χ3n) is 7.46. The van der Waals surface area contributed by atoms with E-state index in [-0.39, 0.29) is 25.4 Å². The van der Waals surface area contributed by atoms with Crippen molar-refractivity contribution in [1.82, 2.24) is 0 Å². The molecule has 3 aromatic carbocycles. The van der Waals surface area contributed by atoms with E-state index in [9.17, 15) is 14.2 Å². The molecule has 0 bridgehead atoms. The lowest BCUT2D eigenvalue weighted by atomic mass is 10.1. The Labute approximate surface area is 283 Å². The van der Waals surface area contributed by atoms with Gasteiger partial charge < -0.3 is 18.9 Å². The van der Waals surface area contributed by atoms with Gasteiger partial charge in [-0.05, 0) is 88.4 Å². The van der Waals surface area contributed by atoms with Crippen LogP contribution in [0.25, 0.3) is 0 Å². The minimum Gasteiger partial charge on any atom is -0.489 e. The van der Waals surface area contributed by atoms with Gasteiger partial charge in [0.1, 0.15) is 41.8 Å². The summed E-state index contributed by atoms with van der Waals surface area (Å²) < 4.78 is 54.2. The number of esters is 1. The number of phosphoric ester groups is 1. The second kappa shape index (κ2) is 17.7. The summed E-state index contributed by atoms with van der Waals surface area (Å²) in [6.45, 7) is 8.78. The Balaban J connectivity index is 1.30. The first-order chi connectivity index (χ1) is 22.9. The minimum atomic E-state index is -4.06. The van der Waals surface area contributed by atoms with Gasteiger partial charge in [0.05, 0.1) is 18.8 Å². The normalized spacial score (nSPS) is 18.4. The second-order valence-corrected chi connectivity index (χ2v) is 14.4. The van der Waals surface area contributed by atoms with E-state index in [0.29, 0.717) is 44.0 Å². The smallest absolute Gasteiger partial charge is 0.475 e. The number of aryl methyl sites for hydroxylation is 1. The quantitative estimate of drug-likeness (QED) is 0.102. The fourth-order valence-corrected chi connectivity index (χ4v) is 6.40. The van der Waals surface area contributed by atoms with E-state index in [4.69, 9.17) is 32.5 Å². The molecule has 1 aliphatic rings. The molecule has 0 aromatic heterocycles. The van der Waals surface area contributed by atoms with Crippen molar-refractivity contribution >= 4 is 19.6 Å². The van der Waals surface area contributed by atoms with Gasteiger partial charge in [-0.15, -0.1) is 0 Å². The molecular weight excluding hydrogens is 635 g/mol. The van der Waals surface area contributed by atoms with Gasteiger partial charge in [0, 0.05) is 18.9 Å². The van der Waals surface area contributed by atoms with Gasteiger partial charge in [0.15, 0.2) is 0 Å². The van der Waals surface area contributed by atoms with Crippen LogP contribution in [0.1, 0.15) is 65.0 Å². The molecule has 1 heterocycles. The van der Waals surface area contributed by atoms with E-state index in [1.54, 1.807) is 27.7 Å². The Hall–Kier alpha value is -3.53. The lowest BCUT2D eigenvalue weighted by Crippen LogP contribution is -2.41. The highest BCUT2D eigenvalue weighted by Gasteiger charge is 2.37. The maximum Gasteiger partial charge on any atom is 0.475 e. The van der Waals surface area contributed by atoms with Gasteiger partial charge in [-0.1, -0.05) is 55.5 Å². The van der Waals surface area contributed by atoms with Gasteiger partial charge in [0.2, 0.25) is 0 Å². The maximum atomic E-state index is 13.5. The SMILES string of the molecule is CC(=O)[C@@H](C)COP(=O)(OC[C@H]1OCCC[C@@H]1OC(=O)CCc1ccccc1OCc1cccc(Oc2ccccc2)c1)OC(C)(C)C. The third kappa shape index (κ3) is 12.5. The number of rotatable bonds is 17. The fourth-order valence-electron chi connectivity index (χ4n) is 4.81. The van der Waals surface area contributed by atoms with E-state index in [1.807, 2.05) is 78.9 Å². The van der Waals surface area contributed by atoms with Gasteiger partial charge in [-0.2, -0.15) is 0 Å². The largest absolute Gasteiger partial charge is 0.489 e. The average molecular weight is 683 g/mol. The topological polar surface area (TPSA) is 116 Å². The zero-order chi connectivity index (χ0) is 34.6. The van der Waals surface area contributed by atoms with E-state index in [1.165, 1.54) is 6.92 Å². The van der Waals surface area contributed by atoms with Crippen LogP contribution < -0.4 is 9.47 Å². The zero-order valence-corrected chi connectivity index (χ0v) is 29.3. The number of hydrogen-bond acceptors (Lipinski definition) is 10. The first-order valence-electron chi connectivity index (χ1n) is 16.3. The molecule has 0 radical (unpaired) electrons. The first-order valence-corrected chi connectivity index (χ1v) is 17.8. The number of ketones is 1. The van der Waals surface area contributed by atoms with Crippen molar-refractivity contribution < 1.29 is 46.7 Å². The lowest BCUT2D eigenvalue weighted by Gasteiger charge is -2.33. The molecule has 0 amide bonds. The molecule has 0 saturated carbocycles. The van der Waals surface area contributed by atoms with Crippen molar-refractivity contribution in [3.05, 3.63) is 90.0 Å². The van der Waals surface area contributed by atoms with E-state index >= 15 is 0 Å². The van der Waals surface area contributed by atoms with Crippen LogP contribution in [0.4, 0.5) is 0 Å². The van der Waals surface area contributed by atoms with Crippen molar-refractivity contribution in [2.24, 2.45) is 5.92 Å². The number of carbonyl (C=O) groups excluding carboxylic acids is 2.